The summed E-state index contributed by atoms with van der Waals surface area (Å²) in [5.41, 5.74) is 0. The SMILES string of the molecule is Fc1cc(Br)cc(OCCCCCCCl)c1. The van der Waals surface area contributed by atoms with Gasteiger partial charge in [0.2, 0.25) is 0 Å². The van der Waals surface area contributed by atoms with Crippen LogP contribution in [-0.2, 0) is 0 Å². The Labute approximate surface area is 109 Å². The summed E-state index contributed by atoms with van der Waals surface area (Å²) in [7, 11) is 0. The van der Waals surface area contributed by atoms with Crippen LogP contribution in [0, 0.1) is 5.82 Å². The molecule has 0 aliphatic heterocycles. The van der Waals surface area contributed by atoms with Crippen molar-refractivity contribution in [1.29, 1.82) is 0 Å². The molecule has 0 heterocycles. The van der Waals surface area contributed by atoms with E-state index in [2.05, 4.69) is 15.9 Å². The molecular formula is C12H15BrClFO. The van der Waals surface area contributed by atoms with E-state index >= 15 is 0 Å². The van der Waals surface area contributed by atoms with Crippen LogP contribution >= 0.6 is 27.5 Å². The third kappa shape index (κ3) is 5.71. The van der Waals surface area contributed by atoms with Crippen LogP contribution in [0.2, 0.25) is 0 Å². The van der Waals surface area contributed by atoms with Crippen molar-refractivity contribution in [2.45, 2.75) is 25.7 Å². The van der Waals surface area contributed by atoms with Gasteiger partial charge in [-0.05, 0) is 25.0 Å². The van der Waals surface area contributed by atoms with E-state index in [0.717, 1.165) is 31.6 Å². The maximum absolute atomic E-state index is 13.0. The van der Waals surface area contributed by atoms with Crippen LogP contribution in [0.25, 0.3) is 0 Å². The van der Waals surface area contributed by atoms with E-state index < -0.39 is 0 Å². The van der Waals surface area contributed by atoms with E-state index in [-0.39, 0.29) is 5.82 Å². The summed E-state index contributed by atoms with van der Waals surface area (Å²) in [6.45, 7) is 0.623. The second kappa shape index (κ2) is 7.91. The first kappa shape index (κ1) is 13.8. The van der Waals surface area contributed by atoms with Crippen LogP contribution in [-0.4, -0.2) is 12.5 Å². The molecule has 0 aliphatic carbocycles. The number of benzene rings is 1. The summed E-state index contributed by atoms with van der Waals surface area (Å²) in [5.74, 6) is 1.01. The molecular weight excluding hydrogens is 294 g/mol. The molecule has 4 heteroatoms. The highest BCUT2D eigenvalue weighted by Crippen LogP contribution is 2.20. The minimum Gasteiger partial charge on any atom is -0.493 e. The molecule has 0 unspecified atom stereocenters. The fourth-order valence-corrected chi connectivity index (χ4v) is 1.99. The van der Waals surface area contributed by atoms with Crippen molar-refractivity contribution in [1.82, 2.24) is 0 Å². The zero-order valence-corrected chi connectivity index (χ0v) is 11.4. The van der Waals surface area contributed by atoms with Gasteiger partial charge in [-0.15, -0.1) is 11.6 Å². The largest absolute Gasteiger partial charge is 0.493 e. The molecule has 0 N–H and O–H groups in total. The Morgan fingerprint density at radius 2 is 1.88 bits per heavy atom. The first-order valence-corrected chi connectivity index (χ1v) is 6.70. The molecule has 1 rings (SSSR count). The predicted molar refractivity (Wildman–Crippen MR) is 68.8 cm³/mol. The molecule has 0 amide bonds. The summed E-state index contributed by atoms with van der Waals surface area (Å²) >= 11 is 8.79. The molecule has 0 spiro atoms. The van der Waals surface area contributed by atoms with Gasteiger partial charge >= 0.3 is 0 Å². The summed E-state index contributed by atoms with van der Waals surface area (Å²) in [6.07, 6.45) is 4.25. The second-order valence-corrected chi connectivity index (χ2v) is 4.85. The van der Waals surface area contributed by atoms with E-state index in [1.54, 1.807) is 6.07 Å². The van der Waals surface area contributed by atoms with Gasteiger partial charge in [0.25, 0.3) is 0 Å². The third-order valence-corrected chi connectivity index (χ3v) is 2.86. The van der Waals surface area contributed by atoms with E-state index in [4.69, 9.17) is 16.3 Å². The molecule has 0 aromatic heterocycles. The molecule has 0 saturated heterocycles. The van der Waals surface area contributed by atoms with Crippen molar-refractivity contribution < 1.29 is 9.13 Å². The van der Waals surface area contributed by atoms with E-state index in [1.807, 2.05) is 0 Å². The van der Waals surface area contributed by atoms with E-state index in [0.29, 0.717) is 16.8 Å². The lowest BCUT2D eigenvalue weighted by molar-refractivity contribution is 0.303. The number of hydrogen-bond donors (Lipinski definition) is 0. The molecule has 1 aromatic carbocycles. The Hall–Kier alpha value is -0.280. The van der Waals surface area contributed by atoms with Crippen LogP contribution < -0.4 is 4.74 Å². The van der Waals surface area contributed by atoms with Crippen LogP contribution in [0.3, 0.4) is 0 Å². The summed E-state index contributed by atoms with van der Waals surface area (Å²) < 4.78 is 19.1. The molecule has 0 bridgehead atoms. The number of ether oxygens (including phenoxy) is 1. The minimum atomic E-state index is -0.286. The van der Waals surface area contributed by atoms with Crippen LogP contribution in [0.15, 0.2) is 22.7 Å². The molecule has 0 radical (unpaired) electrons. The Bertz CT molecular complexity index is 300. The van der Waals surface area contributed by atoms with Gasteiger partial charge in [0.1, 0.15) is 11.6 Å². The van der Waals surface area contributed by atoms with Gasteiger partial charge in [-0.1, -0.05) is 28.8 Å². The number of hydrogen-bond acceptors (Lipinski definition) is 1. The maximum atomic E-state index is 13.0. The quantitative estimate of drug-likeness (QED) is 0.521. The zero-order valence-electron chi connectivity index (χ0n) is 9.02. The topological polar surface area (TPSA) is 9.23 Å². The molecule has 1 aromatic rings. The Balaban J connectivity index is 2.21. The highest BCUT2D eigenvalue weighted by Gasteiger charge is 1.99. The third-order valence-electron chi connectivity index (χ3n) is 2.13. The van der Waals surface area contributed by atoms with Crippen molar-refractivity contribution in [3.8, 4) is 5.75 Å². The van der Waals surface area contributed by atoms with Gasteiger partial charge in [0.05, 0.1) is 6.61 Å². The van der Waals surface area contributed by atoms with Gasteiger partial charge in [-0.25, -0.2) is 4.39 Å². The molecule has 0 aliphatic rings. The van der Waals surface area contributed by atoms with Crippen molar-refractivity contribution in [2.75, 3.05) is 12.5 Å². The number of alkyl halides is 1. The van der Waals surface area contributed by atoms with Crippen molar-refractivity contribution in [3.63, 3.8) is 0 Å². The highest BCUT2D eigenvalue weighted by molar-refractivity contribution is 9.10. The van der Waals surface area contributed by atoms with Gasteiger partial charge < -0.3 is 4.74 Å². The van der Waals surface area contributed by atoms with Gasteiger partial charge in [0.15, 0.2) is 0 Å². The van der Waals surface area contributed by atoms with Crippen molar-refractivity contribution in [3.05, 3.63) is 28.5 Å². The standard InChI is InChI=1S/C12H15BrClFO/c13-10-7-11(15)9-12(8-10)16-6-4-2-1-3-5-14/h7-9H,1-6H2. The van der Waals surface area contributed by atoms with Gasteiger partial charge in [-0.2, -0.15) is 0 Å². The average Bonchev–Trinajstić information content (AvgIpc) is 2.22. The molecule has 1 nitrogen and oxygen atoms in total. The smallest absolute Gasteiger partial charge is 0.128 e. The minimum absolute atomic E-state index is 0.286. The lowest BCUT2D eigenvalue weighted by Crippen LogP contribution is -1.97. The summed E-state index contributed by atoms with van der Waals surface area (Å²) in [4.78, 5) is 0. The van der Waals surface area contributed by atoms with Gasteiger partial charge in [0, 0.05) is 16.4 Å². The molecule has 0 atom stereocenters. The number of rotatable bonds is 7. The Morgan fingerprint density at radius 1 is 1.12 bits per heavy atom. The maximum Gasteiger partial charge on any atom is 0.128 e. The zero-order chi connectivity index (χ0) is 11.8. The molecule has 0 saturated carbocycles. The summed E-state index contributed by atoms with van der Waals surface area (Å²) in [6, 6.07) is 4.57. The second-order valence-electron chi connectivity index (χ2n) is 3.56. The van der Waals surface area contributed by atoms with Gasteiger partial charge in [-0.3, -0.25) is 0 Å². The summed E-state index contributed by atoms with van der Waals surface area (Å²) in [5, 5.41) is 0. The molecule has 90 valence electrons. The van der Waals surface area contributed by atoms with E-state index in [1.165, 1.54) is 12.1 Å². The first-order chi connectivity index (χ1) is 7.72. The number of unbranched alkanes of at least 4 members (excludes halogenated alkanes) is 3. The van der Waals surface area contributed by atoms with Crippen LogP contribution in [0.4, 0.5) is 4.39 Å². The van der Waals surface area contributed by atoms with Crippen LogP contribution in [0.5, 0.6) is 5.75 Å². The van der Waals surface area contributed by atoms with Crippen molar-refractivity contribution >= 4 is 27.5 Å². The average molecular weight is 310 g/mol. The van der Waals surface area contributed by atoms with Crippen molar-refractivity contribution in [2.24, 2.45) is 0 Å². The highest BCUT2D eigenvalue weighted by atomic mass is 79.9. The first-order valence-electron chi connectivity index (χ1n) is 5.37. The lowest BCUT2D eigenvalue weighted by atomic mass is 10.2. The Kier molecular flexibility index (Phi) is 6.81. The normalized spacial score (nSPS) is 10.4. The Morgan fingerprint density at radius 3 is 2.56 bits per heavy atom. The van der Waals surface area contributed by atoms with Crippen LogP contribution in [0.1, 0.15) is 25.7 Å². The fraction of sp³-hybridized carbons (Fsp3) is 0.500. The van der Waals surface area contributed by atoms with E-state index in [9.17, 15) is 4.39 Å². The molecule has 0 fully saturated rings. The number of halogens is 3. The fourth-order valence-electron chi connectivity index (χ4n) is 1.35. The molecule has 16 heavy (non-hydrogen) atoms. The monoisotopic (exact) mass is 308 g/mol. The predicted octanol–water partition coefficient (Wildman–Crippen LogP) is 4.77. The lowest BCUT2D eigenvalue weighted by Gasteiger charge is -2.06.